The predicted octanol–water partition coefficient (Wildman–Crippen LogP) is 4.47. The van der Waals surface area contributed by atoms with E-state index >= 15 is 0 Å². The quantitative estimate of drug-likeness (QED) is 0.413. The molecule has 0 spiro atoms. The summed E-state index contributed by atoms with van der Waals surface area (Å²) in [6, 6.07) is 0. The number of ether oxygens (including phenoxy) is 1. The van der Waals surface area contributed by atoms with E-state index in [2.05, 4.69) is 33.9 Å². The van der Waals surface area contributed by atoms with Crippen LogP contribution < -0.4 is 0 Å². The molecule has 1 aliphatic carbocycles. The summed E-state index contributed by atoms with van der Waals surface area (Å²) in [6.07, 6.45) is 5.06. The zero-order valence-electron chi connectivity index (χ0n) is 14.5. The van der Waals surface area contributed by atoms with E-state index in [4.69, 9.17) is 4.74 Å². The van der Waals surface area contributed by atoms with E-state index in [-0.39, 0.29) is 11.2 Å². The van der Waals surface area contributed by atoms with E-state index in [0.717, 1.165) is 12.8 Å². The third kappa shape index (κ3) is 4.31. The molecule has 0 bridgehead atoms. The second kappa shape index (κ2) is 7.26. The molecule has 0 aromatic rings. The molecule has 0 radical (unpaired) electrons. The van der Waals surface area contributed by atoms with E-state index in [1.807, 2.05) is 0 Å². The van der Waals surface area contributed by atoms with Gasteiger partial charge in [-0.3, -0.25) is 4.79 Å². The molecule has 0 unspecified atom stereocenters. The normalized spacial score (nSPS) is 25.6. The van der Waals surface area contributed by atoms with Crippen molar-refractivity contribution in [1.82, 2.24) is 0 Å². The average molecular weight is 306 g/mol. The maximum absolute atomic E-state index is 12.7. The van der Waals surface area contributed by atoms with E-state index in [1.165, 1.54) is 0 Å². The van der Waals surface area contributed by atoms with Gasteiger partial charge in [0.25, 0.3) is 0 Å². The largest absolute Gasteiger partial charge is 0.463 e. The third-order valence-corrected chi connectivity index (χ3v) is 4.82. The van der Waals surface area contributed by atoms with Crippen LogP contribution in [0, 0.1) is 16.7 Å². The third-order valence-electron chi connectivity index (χ3n) is 4.82. The molecule has 1 saturated carbocycles. The van der Waals surface area contributed by atoms with E-state index in [9.17, 15) is 9.59 Å². The van der Waals surface area contributed by atoms with Crippen molar-refractivity contribution >= 4 is 11.8 Å². The summed E-state index contributed by atoms with van der Waals surface area (Å²) in [5, 5.41) is 0. The Bertz CT molecular complexity index is 456. The van der Waals surface area contributed by atoms with Crippen molar-refractivity contribution in [1.29, 1.82) is 0 Å². The first-order chi connectivity index (χ1) is 10.2. The van der Waals surface area contributed by atoms with E-state index in [0.29, 0.717) is 37.4 Å². The monoisotopic (exact) mass is 306 g/mol. The van der Waals surface area contributed by atoms with Crippen LogP contribution in [0.25, 0.3) is 0 Å². The van der Waals surface area contributed by atoms with E-state index < -0.39 is 11.4 Å². The molecule has 1 rings (SSSR count). The van der Waals surface area contributed by atoms with Gasteiger partial charge in [-0.05, 0) is 43.9 Å². The molecule has 1 fully saturated rings. The lowest BCUT2D eigenvalue weighted by molar-refractivity contribution is -0.140. The zero-order valence-corrected chi connectivity index (χ0v) is 14.5. The Morgan fingerprint density at radius 3 is 2.59 bits per heavy atom. The predicted molar refractivity (Wildman–Crippen MR) is 89.4 cm³/mol. The second-order valence-electron chi connectivity index (χ2n) is 7.50. The van der Waals surface area contributed by atoms with Gasteiger partial charge in [0.1, 0.15) is 5.78 Å². The number of Topliss-reactive ketones (excluding diaryl/α,β-unsaturated/α-hetero) is 1. The summed E-state index contributed by atoms with van der Waals surface area (Å²) < 4.78 is 5.02. The molecule has 22 heavy (non-hydrogen) atoms. The van der Waals surface area contributed by atoms with Crippen molar-refractivity contribution in [3.63, 3.8) is 0 Å². The molecular weight excluding hydrogens is 276 g/mol. The Kier molecular flexibility index (Phi) is 6.16. The first-order valence-electron chi connectivity index (χ1n) is 8.15. The Balaban J connectivity index is 3.01. The minimum absolute atomic E-state index is 0.151. The minimum atomic E-state index is -0.540. The van der Waals surface area contributed by atoms with Gasteiger partial charge in [0.15, 0.2) is 0 Å². The summed E-state index contributed by atoms with van der Waals surface area (Å²) in [5.41, 5.74) is 0.00629. The number of carbonyl (C=O) groups excluding carboxylic acids is 2. The number of allylic oxidation sites excluding steroid dienone is 1. The second-order valence-corrected chi connectivity index (χ2v) is 7.50. The molecule has 0 N–H and O–H groups in total. The van der Waals surface area contributed by atoms with Crippen molar-refractivity contribution < 1.29 is 14.3 Å². The van der Waals surface area contributed by atoms with Crippen LogP contribution in [0.3, 0.4) is 0 Å². The molecule has 0 amide bonds. The molecule has 2 atom stereocenters. The fourth-order valence-corrected chi connectivity index (χ4v) is 3.43. The lowest BCUT2D eigenvalue weighted by Gasteiger charge is -2.44. The van der Waals surface area contributed by atoms with Crippen LogP contribution in [-0.4, -0.2) is 18.4 Å². The first kappa shape index (κ1) is 18.7. The molecule has 3 nitrogen and oxygen atoms in total. The Labute approximate surface area is 134 Å². The van der Waals surface area contributed by atoms with Gasteiger partial charge in [-0.25, -0.2) is 4.79 Å². The van der Waals surface area contributed by atoms with Gasteiger partial charge in [0.05, 0.1) is 6.61 Å². The molecule has 0 aromatic carbocycles. The SMILES string of the molecule is C=CC[C@@]1(CC(=C)C(=O)OCC)C[C@@H](C(C)(C)C)CCC1=O. The van der Waals surface area contributed by atoms with Crippen LogP contribution >= 0.6 is 0 Å². The summed E-state index contributed by atoms with van der Waals surface area (Å²) in [6.45, 7) is 16.4. The maximum Gasteiger partial charge on any atom is 0.333 e. The minimum Gasteiger partial charge on any atom is -0.463 e. The van der Waals surface area contributed by atoms with Gasteiger partial charge >= 0.3 is 5.97 Å². The topological polar surface area (TPSA) is 43.4 Å². The summed E-state index contributed by atoms with van der Waals surface area (Å²) in [7, 11) is 0. The number of ketones is 1. The molecule has 1 aliphatic rings. The van der Waals surface area contributed by atoms with Crippen molar-refractivity contribution in [3.05, 3.63) is 24.8 Å². The lowest BCUT2D eigenvalue weighted by Crippen LogP contribution is -2.41. The van der Waals surface area contributed by atoms with Crippen LogP contribution in [-0.2, 0) is 14.3 Å². The molecule has 0 aromatic heterocycles. The summed E-state index contributed by atoms with van der Waals surface area (Å²) >= 11 is 0. The van der Waals surface area contributed by atoms with Gasteiger partial charge in [0, 0.05) is 17.4 Å². The molecule has 0 heterocycles. The van der Waals surface area contributed by atoms with Crippen LogP contribution in [0.1, 0.15) is 59.8 Å². The van der Waals surface area contributed by atoms with Crippen molar-refractivity contribution in [2.75, 3.05) is 6.61 Å². The average Bonchev–Trinajstić information content (AvgIpc) is 2.41. The molecule has 0 saturated heterocycles. The van der Waals surface area contributed by atoms with Crippen LogP contribution in [0.15, 0.2) is 24.8 Å². The van der Waals surface area contributed by atoms with Crippen molar-refractivity contribution in [3.8, 4) is 0 Å². The standard InChI is InChI=1S/C19H30O3/c1-7-11-19(12-14(3)17(21)22-8-2)13-15(18(4,5)6)9-10-16(19)20/h7,15H,1,3,8-13H2,2,4-6H3/t15-,19+/m0/s1. The number of hydrogen-bond acceptors (Lipinski definition) is 3. The first-order valence-corrected chi connectivity index (χ1v) is 8.15. The van der Waals surface area contributed by atoms with Gasteiger partial charge in [-0.1, -0.05) is 33.4 Å². The highest BCUT2D eigenvalue weighted by Gasteiger charge is 2.45. The summed E-state index contributed by atoms with van der Waals surface area (Å²) in [5.74, 6) is 0.301. The molecular formula is C19H30O3. The molecule has 0 aliphatic heterocycles. The Morgan fingerprint density at radius 1 is 1.45 bits per heavy atom. The highest BCUT2D eigenvalue weighted by molar-refractivity contribution is 5.91. The zero-order chi connectivity index (χ0) is 17.0. The highest BCUT2D eigenvalue weighted by atomic mass is 16.5. The van der Waals surface area contributed by atoms with Gasteiger partial charge in [-0.2, -0.15) is 0 Å². The molecule has 3 heteroatoms. The smallest absolute Gasteiger partial charge is 0.333 e. The van der Waals surface area contributed by atoms with Gasteiger partial charge in [-0.15, -0.1) is 6.58 Å². The van der Waals surface area contributed by atoms with Gasteiger partial charge in [0.2, 0.25) is 0 Å². The van der Waals surface area contributed by atoms with Gasteiger partial charge < -0.3 is 4.74 Å². The maximum atomic E-state index is 12.7. The van der Waals surface area contributed by atoms with Crippen LogP contribution in [0.4, 0.5) is 0 Å². The van der Waals surface area contributed by atoms with Crippen LogP contribution in [0.5, 0.6) is 0 Å². The highest BCUT2D eigenvalue weighted by Crippen LogP contribution is 2.49. The molecule has 124 valence electrons. The van der Waals surface area contributed by atoms with E-state index in [1.54, 1.807) is 13.0 Å². The fraction of sp³-hybridized carbons (Fsp3) is 0.684. The number of carbonyl (C=O) groups is 2. The Hall–Kier alpha value is -1.38. The lowest BCUT2D eigenvalue weighted by atomic mass is 9.59. The number of hydrogen-bond donors (Lipinski definition) is 0. The van der Waals surface area contributed by atoms with Crippen LogP contribution in [0.2, 0.25) is 0 Å². The fourth-order valence-electron chi connectivity index (χ4n) is 3.43. The van der Waals surface area contributed by atoms with Crippen molar-refractivity contribution in [2.24, 2.45) is 16.7 Å². The van der Waals surface area contributed by atoms with Crippen molar-refractivity contribution in [2.45, 2.75) is 59.8 Å². The number of rotatable bonds is 6. The summed E-state index contributed by atoms with van der Waals surface area (Å²) in [4.78, 5) is 24.5. The number of esters is 1. The Morgan fingerprint density at radius 2 is 2.09 bits per heavy atom.